The van der Waals surface area contributed by atoms with Gasteiger partial charge in [0.1, 0.15) is 16.9 Å². The standard InChI is InChI=1S/C18H17FN2OS/c1-11-2-7-14-15(10-20)18(23-16(14)8-11)21-17(22)9-12-3-5-13(19)6-4-12/h3-6,11H,2,7-9H2,1H3,(H,21,22)/t11-/m1/s1. The molecule has 0 fully saturated rings. The highest BCUT2D eigenvalue weighted by Gasteiger charge is 2.24. The van der Waals surface area contributed by atoms with Crippen molar-refractivity contribution in [1.29, 1.82) is 5.26 Å². The number of nitrogens with one attached hydrogen (secondary N) is 1. The van der Waals surface area contributed by atoms with Crippen molar-refractivity contribution in [3.63, 3.8) is 0 Å². The maximum absolute atomic E-state index is 12.9. The Labute approximate surface area is 138 Å². The van der Waals surface area contributed by atoms with Gasteiger partial charge in [-0.15, -0.1) is 11.3 Å². The highest BCUT2D eigenvalue weighted by Crippen LogP contribution is 2.39. The molecule has 0 radical (unpaired) electrons. The number of benzene rings is 1. The molecule has 0 saturated heterocycles. The summed E-state index contributed by atoms with van der Waals surface area (Å²) in [5.74, 6) is 0.121. The fraction of sp³-hybridized carbons (Fsp3) is 0.333. The number of fused-ring (bicyclic) bond motifs is 1. The van der Waals surface area contributed by atoms with Crippen LogP contribution in [-0.4, -0.2) is 5.91 Å². The summed E-state index contributed by atoms with van der Waals surface area (Å²) in [6.07, 6.45) is 3.14. The molecule has 1 aromatic carbocycles. The molecule has 1 aromatic heterocycles. The molecular formula is C18H17FN2OS. The molecule has 5 heteroatoms. The number of thiophene rings is 1. The van der Waals surface area contributed by atoms with Gasteiger partial charge in [0.25, 0.3) is 0 Å². The normalized spacial score (nSPS) is 16.5. The average Bonchev–Trinajstić information content (AvgIpc) is 2.85. The second-order valence-electron chi connectivity index (χ2n) is 6.02. The van der Waals surface area contributed by atoms with E-state index in [4.69, 9.17) is 0 Å². The van der Waals surface area contributed by atoms with Crippen LogP contribution in [0.1, 0.15) is 34.9 Å². The van der Waals surface area contributed by atoms with E-state index in [-0.39, 0.29) is 18.1 Å². The molecule has 0 saturated carbocycles. The Morgan fingerprint density at radius 3 is 2.87 bits per heavy atom. The zero-order chi connectivity index (χ0) is 16.4. The Balaban J connectivity index is 1.76. The predicted molar refractivity (Wildman–Crippen MR) is 89.0 cm³/mol. The minimum absolute atomic E-state index is 0.171. The van der Waals surface area contributed by atoms with E-state index in [1.54, 1.807) is 12.1 Å². The number of hydrogen-bond acceptors (Lipinski definition) is 3. The monoisotopic (exact) mass is 328 g/mol. The molecule has 1 aliphatic carbocycles. The number of hydrogen-bond donors (Lipinski definition) is 1. The Kier molecular flexibility index (Phi) is 4.44. The summed E-state index contributed by atoms with van der Waals surface area (Å²) in [5.41, 5.74) is 2.47. The van der Waals surface area contributed by atoms with Crippen LogP contribution in [0.3, 0.4) is 0 Å². The van der Waals surface area contributed by atoms with Crippen LogP contribution in [0.2, 0.25) is 0 Å². The van der Waals surface area contributed by atoms with E-state index in [0.29, 0.717) is 16.5 Å². The Hall–Kier alpha value is -2.19. The lowest BCUT2D eigenvalue weighted by molar-refractivity contribution is -0.115. The third kappa shape index (κ3) is 3.43. The fourth-order valence-electron chi connectivity index (χ4n) is 2.92. The summed E-state index contributed by atoms with van der Waals surface area (Å²) in [7, 11) is 0. The summed E-state index contributed by atoms with van der Waals surface area (Å²) in [4.78, 5) is 13.4. The van der Waals surface area contributed by atoms with Gasteiger partial charge in [-0.2, -0.15) is 5.26 Å². The van der Waals surface area contributed by atoms with E-state index < -0.39 is 0 Å². The zero-order valence-electron chi connectivity index (χ0n) is 12.9. The van der Waals surface area contributed by atoms with Crippen LogP contribution in [0.15, 0.2) is 24.3 Å². The number of halogens is 1. The van der Waals surface area contributed by atoms with Gasteiger partial charge in [-0.05, 0) is 48.4 Å². The molecule has 23 heavy (non-hydrogen) atoms. The fourth-order valence-corrected chi connectivity index (χ4v) is 4.29. The molecule has 1 heterocycles. The van der Waals surface area contributed by atoms with Crippen LogP contribution >= 0.6 is 11.3 Å². The van der Waals surface area contributed by atoms with Gasteiger partial charge in [0.2, 0.25) is 5.91 Å². The number of amides is 1. The maximum Gasteiger partial charge on any atom is 0.229 e. The van der Waals surface area contributed by atoms with Gasteiger partial charge in [-0.1, -0.05) is 19.1 Å². The molecule has 0 bridgehead atoms. The maximum atomic E-state index is 12.9. The Morgan fingerprint density at radius 2 is 2.17 bits per heavy atom. The first-order valence-corrected chi connectivity index (χ1v) is 8.47. The molecule has 0 aliphatic heterocycles. The van der Waals surface area contributed by atoms with Crippen LogP contribution in [0, 0.1) is 23.1 Å². The van der Waals surface area contributed by atoms with Crippen molar-refractivity contribution < 1.29 is 9.18 Å². The Morgan fingerprint density at radius 1 is 1.43 bits per heavy atom. The number of rotatable bonds is 3. The number of anilines is 1. The van der Waals surface area contributed by atoms with E-state index in [2.05, 4.69) is 18.3 Å². The van der Waals surface area contributed by atoms with E-state index in [9.17, 15) is 14.4 Å². The highest BCUT2D eigenvalue weighted by atomic mass is 32.1. The summed E-state index contributed by atoms with van der Waals surface area (Å²) in [5, 5.41) is 12.9. The van der Waals surface area contributed by atoms with Crippen molar-refractivity contribution in [2.24, 2.45) is 5.92 Å². The molecule has 0 spiro atoms. The topological polar surface area (TPSA) is 52.9 Å². The number of carbonyl (C=O) groups excluding carboxylic acids is 1. The molecule has 1 aliphatic rings. The molecule has 1 amide bonds. The third-order valence-electron chi connectivity index (χ3n) is 4.15. The van der Waals surface area contributed by atoms with Crippen molar-refractivity contribution in [3.8, 4) is 6.07 Å². The number of nitrogens with zero attached hydrogens (tertiary/aromatic N) is 1. The lowest BCUT2D eigenvalue weighted by Gasteiger charge is -2.17. The Bertz CT molecular complexity index is 774. The summed E-state index contributed by atoms with van der Waals surface area (Å²) >= 11 is 1.52. The van der Waals surface area contributed by atoms with Gasteiger partial charge in [-0.25, -0.2) is 4.39 Å². The van der Waals surface area contributed by atoms with Gasteiger partial charge in [0.05, 0.1) is 12.0 Å². The van der Waals surface area contributed by atoms with Crippen LogP contribution in [0.25, 0.3) is 0 Å². The molecule has 3 nitrogen and oxygen atoms in total. The zero-order valence-corrected chi connectivity index (χ0v) is 13.7. The first-order valence-electron chi connectivity index (χ1n) is 7.65. The third-order valence-corrected chi connectivity index (χ3v) is 5.32. The van der Waals surface area contributed by atoms with Gasteiger partial charge in [0.15, 0.2) is 0 Å². The van der Waals surface area contributed by atoms with Crippen LogP contribution < -0.4 is 5.32 Å². The van der Waals surface area contributed by atoms with Gasteiger partial charge >= 0.3 is 0 Å². The minimum Gasteiger partial charge on any atom is -0.316 e. The van der Waals surface area contributed by atoms with Gasteiger partial charge in [0, 0.05) is 4.88 Å². The molecule has 118 valence electrons. The van der Waals surface area contributed by atoms with Crippen molar-refractivity contribution >= 4 is 22.2 Å². The predicted octanol–water partition coefficient (Wildman–Crippen LogP) is 4.06. The van der Waals surface area contributed by atoms with Gasteiger partial charge < -0.3 is 5.32 Å². The lowest BCUT2D eigenvalue weighted by Crippen LogP contribution is -2.14. The van der Waals surface area contributed by atoms with E-state index in [1.807, 2.05) is 0 Å². The molecule has 0 unspecified atom stereocenters. The van der Waals surface area contributed by atoms with E-state index in [0.717, 1.165) is 30.4 Å². The van der Waals surface area contributed by atoms with Crippen LogP contribution in [-0.2, 0) is 24.1 Å². The molecule has 1 atom stereocenters. The average molecular weight is 328 g/mol. The van der Waals surface area contributed by atoms with Crippen molar-refractivity contribution in [2.75, 3.05) is 5.32 Å². The van der Waals surface area contributed by atoms with Crippen molar-refractivity contribution in [2.45, 2.75) is 32.6 Å². The van der Waals surface area contributed by atoms with E-state index >= 15 is 0 Å². The molecular weight excluding hydrogens is 311 g/mol. The highest BCUT2D eigenvalue weighted by molar-refractivity contribution is 7.16. The number of carbonyl (C=O) groups is 1. The molecule has 2 aromatic rings. The quantitative estimate of drug-likeness (QED) is 0.923. The SMILES string of the molecule is C[C@@H]1CCc2c(sc(NC(=O)Cc3ccc(F)cc3)c2C#N)C1. The number of nitriles is 1. The lowest BCUT2D eigenvalue weighted by atomic mass is 9.88. The van der Waals surface area contributed by atoms with Crippen LogP contribution in [0.4, 0.5) is 9.39 Å². The summed E-state index contributed by atoms with van der Waals surface area (Å²) in [6, 6.07) is 8.12. The first kappa shape index (κ1) is 15.7. The van der Waals surface area contributed by atoms with E-state index in [1.165, 1.54) is 28.3 Å². The van der Waals surface area contributed by atoms with Crippen LogP contribution in [0.5, 0.6) is 0 Å². The minimum atomic E-state index is -0.319. The van der Waals surface area contributed by atoms with Crippen molar-refractivity contribution in [3.05, 3.63) is 51.7 Å². The summed E-state index contributed by atoms with van der Waals surface area (Å²) < 4.78 is 12.9. The van der Waals surface area contributed by atoms with Crippen molar-refractivity contribution in [1.82, 2.24) is 0 Å². The molecule has 3 rings (SSSR count). The van der Waals surface area contributed by atoms with Gasteiger partial charge in [-0.3, -0.25) is 4.79 Å². The first-order chi connectivity index (χ1) is 11.1. The smallest absolute Gasteiger partial charge is 0.229 e. The largest absolute Gasteiger partial charge is 0.316 e. The summed E-state index contributed by atoms with van der Waals surface area (Å²) in [6.45, 7) is 2.21. The second-order valence-corrected chi connectivity index (χ2v) is 7.12. The molecule has 1 N–H and O–H groups in total. The second kappa shape index (κ2) is 6.51.